The Hall–Kier alpha value is -0.265. The highest BCUT2D eigenvalue weighted by atomic mass is 14.7. The summed E-state index contributed by atoms with van der Waals surface area (Å²) in [4.78, 5) is 3.76. The fourth-order valence-corrected chi connectivity index (χ4v) is 0.129. The average molecular weight is 82.9 g/mol. The third kappa shape index (κ3) is 2.00. The summed E-state index contributed by atoms with van der Waals surface area (Å²) in [5.74, 6) is 0.449. The molecule has 1 unspecified atom stereocenters. The van der Waals surface area contributed by atoms with Crippen molar-refractivity contribution in [1.29, 1.82) is 0 Å². The Balaban J connectivity index is 2.96. The molecule has 0 saturated carbocycles. The van der Waals surface area contributed by atoms with Crippen molar-refractivity contribution in [3.8, 4) is 0 Å². The molecule has 0 spiro atoms. The molecule has 0 aromatic heterocycles. The Kier molecular flexibility index (Phi) is 2.82. The van der Waals surface area contributed by atoms with Gasteiger partial charge >= 0.3 is 0 Å². The van der Waals surface area contributed by atoms with Gasteiger partial charge in [-0.25, -0.2) is 0 Å². The molecule has 34 valence electrons. The highest BCUT2D eigenvalue weighted by molar-refractivity contribution is 6.12. The topological polar surface area (TPSA) is 12.4 Å². The van der Waals surface area contributed by atoms with Gasteiger partial charge in [-0.2, -0.15) is 0 Å². The van der Waals surface area contributed by atoms with Gasteiger partial charge in [0.05, 0.1) is 0 Å². The van der Waals surface area contributed by atoms with E-state index in [0.29, 0.717) is 5.94 Å². The van der Waals surface area contributed by atoms with Crippen LogP contribution in [0.1, 0.15) is 13.3 Å². The van der Waals surface area contributed by atoms with Gasteiger partial charge in [0.25, 0.3) is 0 Å². The van der Waals surface area contributed by atoms with E-state index in [1.54, 1.807) is 0 Å². The van der Waals surface area contributed by atoms with Crippen molar-refractivity contribution in [2.45, 2.75) is 19.3 Å². The van der Waals surface area contributed by atoms with Gasteiger partial charge in [-0.1, -0.05) is 6.92 Å². The zero-order valence-electron chi connectivity index (χ0n) is 4.44. The Labute approximate surface area is 39.9 Å². The summed E-state index contributed by atoms with van der Waals surface area (Å²) in [6, 6.07) is 0. The molecule has 1 nitrogen and oxygen atoms in total. The van der Waals surface area contributed by atoms with E-state index in [9.17, 15) is 0 Å². The predicted molar refractivity (Wildman–Crippen MR) is 32.2 cm³/mol. The van der Waals surface area contributed by atoms with E-state index >= 15 is 0 Å². The normalized spacial score (nSPS) is 13.5. The van der Waals surface area contributed by atoms with Gasteiger partial charge in [0.15, 0.2) is 0 Å². The summed E-state index contributed by atoms with van der Waals surface area (Å²) < 4.78 is 0. The van der Waals surface area contributed by atoms with Crippen LogP contribution in [0.15, 0.2) is 4.99 Å². The lowest BCUT2D eigenvalue weighted by molar-refractivity contribution is 0.864. The Morgan fingerprint density at radius 1 is 2.00 bits per heavy atom. The molecule has 0 rings (SSSR count). The molecule has 0 aromatic rings. The van der Waals surface area contributed by atoms with Crippen LogP contribution in [-0.2, 0) is 0 Å². The largest absolute Gasteiger partial charge is 0.307 e. The molecule has 0 fully saturated rings. The van der Waals surface area contributed by atoms with Crippen molar-refractivity contribution < 1.29 is 0 Å². The molecule has 0 amide bonds. The quantitative estimate of drug-likeness (QED) is 0.330. The maximum absolute atomic E-state index is 3.76. The Bertz CT molecular complexity index is 44.8. The SMILES string of the molecule is BC(CC)N=C. The van der Waals surface area contributed by atoms with Crippen LogP contribution in [-0.4, -0.2) is 20.5 Å². The summed E-state index contributed by atoms with van der Waals surface area (Å²) in [6.07, 6.45) is 1.10. The molecule has 0 saturated heterocycles. The van der Waals surface area contributed by atoms with Gasteiger partial charge in [-0.3, -0.25) is 0 Å². The highest BCUT2D eigenvalue weighted by Gasteiger charge is 1.86. The van der Waals surface area contributed by atoms with Gasteiger partial charge < -0.3 is 4.99 Å². The van der Waals surface area contributed by atoms with Crippen molar-refractivity contribution >= 4 is 14.6 Å². The van der Waals surface area contributed by atoms with E-state index in [1.807, 2.05) is 7.85 Å². The minimum absolute atomic E-state index is 0.449. The van der Waals surface area contributed by atoms with Gasteiger partial charge in [0, 0.05) is 5.94 Å². The van der Waals surface area contributed by atoms with Gasteiger partial charge in [-0.05, 0) is 13.1 Å². The number of nitrogens with zero attached hydrogens (tertiary/aromatic N) is 1. The fraction of sp³-hybridized carbons (Fsp3) is 0.750. The maximum atomic E-state index is 3.76. The summed E-state index contributed by atoms with van der Waals surface area (Å²) in [7, 11) is 2.05. The van der Waals surface area contributed by atoms with E-state index < -0.39 is 0 Å². The zero-order valence-corrected chi connectivity index (χ0v) is 4.44. The molecule has 0 heterocycles. The molecule has 0 aliphatic heterocycles. The molecular weight excluding hydrogens is 72.9 g/mol. The van der Waals surface area contributed by atoms with Crippen LogP contribution < -0.4 is 0 Å². The number of hydrogen-bond donors (Lipinski definition) is 0. The predicted octanol–water partition coefficient (Wildman–Crippen LogP) is 0.0562. The summed E-state index contributed by atoms with van der Waals surface area (Å²) in [6.45, 7) is 5.48. The average Bonchev–Trinajstić information content (AvgIpc) is 1.65. The van der Waals surface area contributed by atoms with Crippen molar-refractivity contribution in [3.63, 3.8) is 0 Å². The molecule has 0 bridgehead atoms. The first-order valence-corrected chi connectivity index (χ1v) is 2.27. The van der Waals surface area contributed by atoms with E-state index in [1.165, 1.54) is 0 Å². The second-order valence-corrected chi connectivity index (χ2v) is 1.44. The van der Waals surface area contributed by atoms with Gasteiger partial charge in [-0.15, -0.1) is 0 Å². The first-order valence-electron chi connectivity index (χ1n) is 2.27. The molecular formula is C4H10BN. The molecule has 0 aliphatic carbocycles. The fourth-order valence-electron chi connectivity index (χ4n) is 0.129. The van der Waals surface area contributed by atoms with Crippen LogP contribution in [0.3, 0.4) is 0 Å². The Morgan fingerprint density at radius 2 is 2.50 bits per heavy atom. The number of rotatable bonds is 2. The zero-order chi connectivity index (χ0) is 4.99. The van der Waals surface area contributed by atoms with Crippen LogP contribution in [0, 0.1) is 0 Å². The number of aliphatic imine (C=N–C) groups is 1. The lowest BCUT2D eigenvalue weighted by Crippen LogP contribution is -1.97. The van der Waals surface area contributed by atoms with Crippen LogP contribution in [0.2, 0.25) is 0 Å². The van der Waals surface area contributed by atoms with Crippen LogP contribution >= 0.6 is 0 Å². The molecule has 0 aliphatic rings. The lowest BCUT2D eigenvalue weighted by Gasteiger charge is -1.93. The van der Waals surface area contributed by atoms with Crippen molar-refractivity contribution in [1.82, 2.24) is 0 Å². The highest BCUT2D eigenvalue weighted by Crippen LogP contribution is 1.85. The smallest absolute Gasteiger partial charge is 0.133 e. The first kappa shape index (κ1) is 5.73. The minimum atomic E-state index is 0.449. The molecule has 0 radical (unpaired) electrons. The molecule has 0 aromatic carbocycles. The van der Waals surface area contributed by atoms with Crippen molar-refractivity contribution in [2.75, 3.05) is 0 Å². The van der Waals surface area contributed by atoms with Crippen molar-refractivity contribution in [2.24, 2.45) is 4.99 Å². The van der Waals surface area contributed by atoms with Crippen LogP contribution in [0.4, 0.5) is 0 Å². The second-order valence-electron chi connectivity index (χ2n) is 1.44. The van der Waals surface area contributed by atoms with E-state index in [0.717, 1.165) is 6.42 Å². The minimum Gasteiger partial charge on any atom is -0.307 e. The summed E-state index contributed by atoms with van der Waals surface area (Å²) >= 11 is 0. The standard InChI is InChI=1S/C4H10BN/c1-3-4(5)6-2/h4H,2-3,5H2,1H3. The molecule has 1 atom stereocenters. The van der Waals surface area contributed by atoms with E-state index in [2.05, 4.69) is 18.6 Å². The van der Waals surface area contributed by atoms with Crippen LogP contribution in [0.5, 0.6) is 0 Å². The van der Waals surface area contributed by atoms with Crippen molar-refractivity contribution in [3.05, 3.63) is 0 Å². The summed E-state index contributed by atoms with van der Waals surface area (Å²) in [5.41, 5.74) is 0. The monoisotopic (exact) mass is 83.1 g/mol. The number of hydrogen-bond acceptors (Lipinski definition) is 1. The third-order valence-corrected chi connectivity index (χ3v) is 0.902. The van der Waals surface area contributed by atoms with Crippen LogP contribution in [0.25, 0.3) is 0 Å². The first-order chi connectivity index (χ1) is 2.81. The molecule has 0 N–H and O–H groups in total. The maximum Gasteiger partial charge on any atom is 0.133 e. The van der Waals surface area contributed by atoms with E-state index in [4.69, 9.17) is 0 Å². The van der Waals surface area contributed by atoms with Gasteiger partial charge in [0.2, 0.25) is 0 Å². The molecule has 2 heteroatoms. The third-order valence-electron chi connectivity index (χ3n) is 0.902. The van der Waals surface area contributed by atoms with Gasteiger partial charge in [0.1, 0.15) is 7.85 Å². The lowest BCUT2D eigenvalue weighted by atomic mass is 9.95. The summed E-state index contributed by atoms with van der Waals surface area (Å²) in [5, 5.41) is 0. The van der Waals surface area contributed by atoms with E-state index in [-0.39, 0.29) is 0 Å². The second kappa shape index (κ2) is 2.95. The molecule has 6 heavy (non-hydrogen) atoms. The Morgan fingerprint density at radius 3 is 2.50 bits per heavy atom.